The predicted octanol–water partition coefficient (Wildman–Crippen LogP) is 1.72. The fraction of sp³-hybridized carbons (Fsp3) is 0.538. The second kappa shape index (κ2) is 10.2. The van der Waals surface area contributed by atoms with Gasteiger partial charge >= 0.3 is 0 Å². The van der Waals surface area contributed by atoms with Gasteiger partial charge in [0.05, 0.1) is 18.0 Å². The van der Waals surface area contributed by atoms with Crippen LogP contribution in [-0.4, -0.2) is 72.4 Å². The molecule has 5 atom stereocenters. The van der Waals surface area contributed by atoms with E-state index in [0.717, 1.165) is 29.3 Å². The van der Waals surface area contributed by atoms with Crippen molar-refractivity contribution in [3.05, 3.63) is 29.1 Å². The summed E-state index contributed by atoms with van der Waals surface area (Å²) in [4.78, 5) is 54.1. The third-order valence-electron chi connectivity index (χ3n) is 7.92. The van der Waals surface area contributed by atoms with Gasteiger partial charge in [-0.05, 0) is 55.7 Å². The smallest absolute Gasteiger partial charge is 0.264 e. The molecule has 10 heteroatoms. The number of methoxy groups -OCH3 is 1. The summed E-state index contributed by atoms with van der Waals surface area (Å²) in [6.45, 7) is 0.310. The summed E-state index contributed by atoms with van der Waals surface area (Å²) in [5.41, 5.74) is 0. The standard InChI is InChI=1S/C26H31N3O6S/c1-35-20-6-3-7-21-17(20)11-22(36-21)26(34)29-12-15-4-2-5-16(15)23(29)25(33)28-18(19(31)13-30)10-14-8-9-27-24(14)32/h3,6-7,11,14-16,18,23,30H,2,4-5,8-10,12-13H2,1H3,(H,27,32)(H,28,33)/t14-,15?,16?,18-,23?/m0/s1. The number of amides is 3. The number of nitrogens with zero attached hydrogens (tertiary/aromatic N) is 1. The van der Waals surface area contributed by atoms with Crippen LogP contribution in [0.25, 0.3) is 10.1 Å². The van der Waals surface area contributed by atoms with Crippen molar-refractivity contribution in [2.24, 2.45) is 17.8 Å². The molecule has 9 nitrogen and oxygen atoms in total. The molecule has 3 fully saturated rings. The Bertz CT molecular complexity index is 1200. The van der Waals surface area contributed by atoms with E-state index in [0.29, 0.717) is 30.1 Å². The molecular formula is C26H31N3O6S. The number of aliphatic hydroxyl groups is 1. The molecule has 36 heavy (non-hydrogen) atoms. The van der Waals surface area contributed by atoms with Crippen LogP contribution in [0.4, 0.5) is 0 Å². The number of aliphatic hydroxyl groups excluding tert-OH is 1. The lowest BCUT2D eigenvalue weighted by atomic mass is 9.92. The Morgan fingerprint density at radius 2 is 2.11 bits per heavy atom. The first kappa shape index (κ1) is 24.7. The largest absolute Gasteiger partial charge is 0.496 e. The lowest BCUT2D eigenvalue weighted by Gasteiger charge is -2.29. The maximum absolute atomic E-state index is 13.7. The number of ketones is 1. The molecule has 1 aliphatic carbocycles. The average molecular weight is 514 g/mol. The van der Waals surface area contributed by atoms with E-state index in [4.69, 9.17) is 4.74 Å². The van der Waals surface area contributed by atoms with Crippen molar-refractivity contribution < 1.29 is 29.0 Å². The maximum Gasteiger partial charge on any atom is 0.264 e. The number of hydrogen-bond donors (Lipinski definition) is 3. The Morgan fingerprint density at radius 1 is 1.28 bits per heavy atom. The van der Waals surface area contributed by atoms with Crippen LogP contribution >= 0.6 is 11.3 Å². The lowest BCUT2D eigenvalue weighted by Crippen LogP contribution is -2.53. The zero-order valence-corrected chi connectivity index (χ0v) is 21.0. The highest BCUT2D eigenvalue weighted by Crippen LogP contribution is 2.44. The van der Waals surface area contributed by atoms with E-state index in [9.17, 15) is 24.3 Å². The Balaban J connectivity index is 1.39. The number of likely N-dealkylation sites (tertiary alicyclic amines) is 1. The van der Waals surface area contributed by atoms with E-state index >= 15 is 0 Å². The highest BCUT2D eigenvalue weighted by Gasteiger charge is 2.50. The molecule has 3 heterocycles. The van der Waals surface area contributed by atoms with Gasteiger partial charge < -0.3 is 25.4 Å². The predicted molar refractivity (Wildman–Crippen MR) is 134 cm³/mol. The van der Waals surface area contributed by atoms with Crippen LogP contribution in [0.5, 0.6) is 5.75 Å². The fourth-order valence-corrected chi connectivity index (χ4v) is 7.14. The van der Waals surface area contributed by atoms with E-state index in [1.54, 1.807) is 12.0 Å². The van der Waals surface area contributed by atoms with Gasteiger partial charge in [0.2, 0.25) is 11.8 Å². The van der Waals surface area contributed by atoms with Gasteiger partial charge in [-0.15, -0.1) is 11.3 Å². The number of nitrogens with one attached hydrogen (secondary N) is 2. The molecule has 0 radical (unpaired) electrons. The van der Waals surface area contributed by atoms with Gasteiger partial charge in [0.15, 0.2) is 5.78 Å². The summed E-state index contributed by atoms with van der Waals surface area (Å²) >= 11 is 1.37. The van der Waals surface area contributed by atoms with Crippen molar-refractivity contribution in [2.45, 2.75) is 44.2 Å². The third kappa shape index (κ3) is 4.48. The average Bonchev–Trinajstić information content (AvgIpc) is 3.66. The van der Waals surface area contributed by atoms with Gasteiger partial charge in [0.1, 0.15) is 18.4 Å². The number of hydrogen-bond acceptors (Lipinski definition) is 7. The van der Waals surface area contributed by atoms with E-state index in [1.807, 2.05) is 24.3 Å². The van der Waals surface area contributed by atoms with Crippen molar-refractivity contribution in [3.63, 3.8) is 0 Å². The highest BCUT2D eigenvalue weighted by atomic mass is 32.1. The molecule has 2 aliphatic heterocycles. The van der Waals surface area contributed by atoms with Crippen LogP contribution < -0.4 is 15.4 Å². The zero-order valence-electron chi connectivity index (χ0n) is 20.2. The second-order valence-corrected chi connectivity index (χ2v) is 11.0. The van der Waals surface area contributed by atoms with Crippen molar-refractivity contribution in [3.8, 4) is 5.75 Å². The molecule has 0 bridgehead atoms. The number of rotatable bonds is 8. The van der Waals surface area contributed by atoms with Gasteiger partial charge in [-0.3, -0.25) is 19.2 Å². The summed E-state index contributed by atoms with van der Waals surface area (Å²) in [5.74, 6) is -0.697. The van der Waals surface area contributed by atoms with Gasteiger partial charge in [-0.2, -0.15) is 0 Å². The Labute approximate surface area is 213 Å². The second-order valence-electron chi connectivity index (χ2n) is 9.94. The van der Waals surface area contributed by atoms with Crippen LogP contribution in [0.1, 0.15) is 41.8 Å². The summed E-state index contributed by atoms with van der Waals surface area (Å²) < 4.78 is 6.37. The van der Waals surface area contributed by atoms with E-state index in [2.05, 4.69) is 10.6 Å². The fourth-order valence-electron chi connectivity index (χ4n) is 6.10. The Morgan fingerprint density at radius 3 is 2.83 bits per heavy atom. The van der Waals surface area contributed by atoms with Crippen molar-refractivity contribution in [1.82, 2.24) is 15.5 Å². The Kier molecular flexibility index (Phi) is 6.98. The molecule has 5 rings (SSSR count). The van der Waals surface area contributed by atoms with E-state index in [-0.39, 0.29) is 41.9 Å². The number of Topliss-reactive ketones (excluding diaryl/α,β-unsaturated/α-hetero) is 1. The van der Waals surface area contributed by atoms with Crippen LogP contribution in [0.15, 0.2) is 24.3 Å². The van der Waals surface area contributed by atoms with Crippen LogP contribution in [0, 0.1) is 17.8 Å². The number of thiophene rings is 1. The molecule has 0 spiro atoms. The van der Waals surface area contributed by atoms with Gasteiger partial charge in [-0.1, -0.05) is 12.5 Å². The van der Waals surface area contributed by atoms with E-state index < -0.39 is 24.5 Å². The minimum atomic E-state index is -0.970. The number of carbonyl (C=O) groups excluding carboxylic acids is 4. The normalized spacial score (nSPS) is 26.1. The monoisotopic (exact) mass is 513 g/mol. The molecule has 3 N–H and O–H groups in total. The molecule has 3 aliphatic rings. The first-order chi connectivity index (χ1) is 17.4. The summed E-state index contributed by atoms with van der Waals surface area (Å²) in [7, 11) is 1.59. The first-order valence-corrected chi connectivity index (χ1v) is 13.3. The SMILES string of the molecule is COc1cccc2sc(C(=O)N3CC4CCCC4C3C(=O)N[C@@H](C[C@@H]3CCNC3=O)C(=O)CO)cc12. The maximum atomic E-state index is 13.7. The van der Waals surface area contributed by atoms with E-state index in [1.165, 1.54) is 11.3 Å². The summed E-state index contributed by atoms with van der Waals surface area (Å²) in [6.07, 6.45) is 3.53. The number of carbonyl (C=O) groups is 4. The van der Waals surface area contributed by atoms with Gasteiger partial charge in [0.25, 0.3) is 5.91 Å². The molecule has 1 aromatic heterocycles. The number of benzene rings is 1. The van der Waals surface area contributed by atoms with Crippen LogP contribution in [0.2, 0.25) is 0 Å². The quantitative estimate of drug-likeness (QED) is 0.494. The van der Waals surface area contributed by atoms with Crippen molar-refractivity contribution >= 4 is 44.9 Å². The van der Waals surface area contributed by atoms with Gasteiger partial charge in [0, 0.05) is 29.1 Å². The van der Waals surface area contributed by atoms with Gasteiger partial charge in [-0.25, -0.2) is 0 Å². The number of ether oxygens (including phenoxy) is 1. The zero-order chi connectivity index (χ0) is 25.4. The van der Waals surface area contributed by atoms with Crippen molar-refractivity contribution in [1.29, 1.82) is 0 Å². The van der Waals surface area contributed by atoms with Crippen molar-refractivity contribution in [2.75, 3.05) is 26.8 Å². The third-order valence-corrected chi connectivity index (χ3v) is 9.00. The molecule has 1 aromatic carbocycles. The minimum Gasteiger partial charge on any atom is -0.496 e. The summed E-state index contributed by atoms with van der Waals surface area (Å²) in [6, 6.07) is 5.83. The molecule has 3 unspecified atom stereocenters. The molecule has 192 valence electrons. The highest BCUT2D eigenvalue weighted by molar-refractivity contribution is 7.20. The van der Waals surface area contributed by atoms with Crippen LogP contribution in [0.3, 0.4) is 0 Å². The molecule has 1 saturated carbocycles. The molecule has 3 amide bonds. The topological polar surface area (TPSA) is 125 Å². The summed E-state index contributed by atoms with van der Waals surface area (Å²) in [5, 5.41) is 15.9. The lowest BCUT2D eigenvalue weighted by molar-refractivity contribution is -0.133. The molecule has 2 aromatic rings. The molecular weight excluding hydrogens is 482 g/mol. The van der Waals surface area contributed by atoms with Crippen LogP contribution in [-0.2, 0) is 14.4 Å². The Hall–Kier alpha value is -2.98. The molecule has 2 saturated heterocycles. The number of fused-ring (bicyclic) bond motifs is 2. The minimum absolute atomic E-state index is 0.0255. The first-order valence-electron chi connectivity index (χ1n) is 12.5.